The van der Waals surface area contributed by atoms with E-state index in [1.807, 2.05) is 6.08 Å². The van der Waals surface area contributed by atoms with E-state index < -0.39 is 12.1 Å². The molecule has 356 valence electrons. The molecule has 61 heavy (non-hydrogen) atoms. The van der Waals surface area contributed by atoms with Crippen LogP contribution in [0.25, 0.3) is 0 Å². The van der Waals surface area contributed by atoms with Crippen molar-refractivity contribution in [3.63, 3.8) is 0 Å². The molecule has 0 aromatic heterocycles. The van der Waals surface area contributed by atoms with Gasteiger partial charge in [-0.15, -0.1) is 0 Å². The lowest BCUT2D eigenvalue weighted by molar-refractivity contribution is -0.123. The second kappa shape index (κ2) is 52.4. The van der Waals surface area contributed by atoms with Gasteiger partial charge in [-0.05, 0) is 57.8 Å². The van der Waals surface area contributed by atoms with E-state index in [0.29, 0.717) is 6.42 Å². The SMILES string of the molecule is CC/C=C\C/C=C\C/C=C\C/C=C\CCCCCCCCCCCCCCCCC(=O)NC(CO)C(O)/C=C/CCCCCCCCCCCCCCCCCCCCCC. The van der Waals surface area contributed by atoms with E-state index >= 15 is 0 Å². The van der Waals surface area contributed by atoms with E-state index in [1.165, 1.54) is 205 Å². The number of nitrogens with one attached hydrogen (secondary N) is 1. The summed E-state index contributed by atoms with van der Waals surface area (Å²) in [4.78, 5) is 12.5. The van der Waals surface area contributed by atoms with Crippen LogP contribution in [0.4, 0.5) is 0 Å². The Morgan fingerprint density at radius 3 is 1.08 bits per heavy atom. The number of aliphatic hydroxyl groups excluding tert-OH is 2. The van der Waals surface area contributed by atoms with Gasteiger partial charge in [0.15, 0.2) is 0 Å². The molecule has 0 aliphatic heterocycles. The molecule has 0 saturated carbocycles. The number of rotatable bonds is 49. The maximum Gasteiger partial charge on any atom is 0.220 e. The fraction of sp³-hybridized carbons (Fsp3) is 0.807. The van der Waals surface area contributed by atoms with Crippen molar-refractivity contribution in [1.82, 2.24) is 5.32 Å². The van der Waals surface area contributed by atoms with Crippen molar-refractivity contribution in [3.05, 3.63) is 60.8 Å². The van der Waals surface area contributed by atoms with Gasteiger partial charge in [-0.25, -0.2) is 0 Å². The molecule has 0 spiro atoms. The molecule has 1 amide bonds. The third kappa shape index (κ3) is 49.0. The molecule has 0 rings (SSSR count). The highest BCUT2D eigenvalue weighted by molar-refractivity contribution is 5.76. The van der Waals surface area contributed by atoms with Crippen LogP contribution in [0, 0.1) is 0 Å². The zero-order valence-electron chi connectivity index (χ0n) is 40.9. The summed E-state index contributed by atoms with van der Waals surface area (Å²) in [6, 6.07) is -0.625. The fourth-order valence-corrected chi connectivity index (χ4v) is 8.17. The Bertz CT molecular complexity index is 1010. The van der Waals surface area contributed by atoms with Gasteiger partial charge in [0, 0.05) is 6.42 Å². The van der Waals surface area contributed by atoms with Crippen LogP contribution in [0.2, 0.25) is 0 Å². The van der Waals surface area contributed by atoms with Crippen molar-refractivity contribution >= 4 is 5.91 Å². The summed E-state index contributed by atoms with van der Waals surface area (Å²) in [7, 11) is 0. The summed E-state index contributed by atoms with van der Waals surface area (Å²) >= 11 is 0. The van der Waals surface area contributed by atoms with E-state index in [4.69, 9.17) is 0 Å². The number of carbonyl (C=O) groups excluding carboxylic acids is 1. The van der Waals surface area contributed by atoms with Crippen molar-refractivity contribution in [2.24, 2.45) is 0 Å². The van der Waals surface area contributed by atoms with Gasteiger partial charge in [0.25, 0.3) is 0 Å². The molecule has 0 aromatic carbocycles. The van der Waals surface area contributed by atoms with Gasteiger partial charge in [-0.3, -0.25) is 4.79 Å². The van der Waals surface area contributed by atoms with Crippen LogP contribution >= 0.6 is 0 Å². The van der Waals surface area contributed by atoms with E-state index in [0.717, 1.165) is 51.4 Å². The van der Waals surface area contributed by atoms with Crippen LogP contribution < -0.4 is 5.32 Å². The van der Waals surface area contributed by atoms with Crippen LogP contribution in [-0.2, 0) is 4.79 Å². The van der Waals surface area contributed by atoms with E-state index in [1.54, 1.807) is 6.08 Å². The van der Waals surface area contributed by atoms with Gasteiger partial charge >= 0.3 is 0 Å². The number of unbranched alkanes of at least 4 members (excludes halogenated alkanes) is 34. The predicted octanol–water partition coefficient (Wildman–Crippen LogP) is 17.6. The molecule has 4 heteroatoms. The molecule has 0 aliphatic rings. The molecule has 0 aromatic rings. The Balaban J connectivity index is 3.51. The maximum absolute atomic E-state index is 12.5. The molecule has 0 heterocycles. The van der Waals surface area contributed by atoms with Crippen LogP contribution in [-0.4, -0.2) is 34.9 Å². The summed E-state index contributed by atoms with van der Waals surface area (Å²) in [5.41, 5.74) is 0. The van der Waals surface area contributed by atoms with Crippen molar-refractivity contribution < 1.29 is 15.0 Å². The largest absolute Gasteiger partial charge is 0.394 e. The van der Waals surface area contributed by atoms with Gasteiger partial charge in [0.1, 0.15) is 0 Å². The number of amides is 1. The molecule has 0 bridgehead atoms. The number of hydrogen-bond acceptors (Lipinski definition) is 3. The van der Waals surface area contributed by atoms with Crippen LogP contribution in [0.3, 0.4) is 0 Å². The van der Waals surface area contributed by atoms with Crippen LogP contribution in [0.15, 0.2) is 60.8 Å². The minimum absolute atomic E-state index is 0.0635. The topological polar surface area (TPSA) is 69.6 Å². The van der Waals surface area contributed by atoms with Gasteiger partial charge < -0.3 is 15.5 Å². The smallest absolute Gasteiger partial charge is 0.220 e. The van der Waals surface area contributed by atoms with E-state index in [-0.39, 0.29) is 12.5 Å². The summed E-state index contributed by atoms with van der Waals surface area (Å²) in [6.07, 6.45) is 73.7. The lowest BCUT2D eigenvalue weighted by atomic mass is 10.0. The maximum atomic E-state index is 12.5. The lowest BCUT2D eigenvalue weighted by Crippen LogP contribution is -2.45. The average Bonchev–Trinajstić information content (AvgIpc) is 3.26. The highest BCUT2D eigenvalue weighted by Gasteiger charge is 2.18. The molecule has 0 saturated heterocycles. The Kier molecular flexibility index (Phi) is 50.8. The average molecular weight is 852 g/mol. The van der Waals surface area contributed by atoms with E-state index in [9.17, 15) is 15.0 Å². The van der Waals surface area contributed by atoms with Gasteiger partial charge in [-0.1, -0.05) is 274 Å². The molecule has 2 atom stereocenters. The van der Waals surface area contributed by atoms with Crippen molar-refractivity contribution in [2.75, 3.05) is 6.61 Å². The van der Waals surface area contributed by atoms with Crippen LogP contribution in [0.1, 0.15) is 277 Å². The molecule has 0 fully saturated rings. The highest BCUT2D eigenvalue weighted by Crippen LogP contribution is 2.17. The summed E-state index contributed by atoms with van der Waals surface area (Å²) in [6.45, 7) is 4.22. The molecular formula is C57H105NO3. The van der Waals surface area contributed by atoms with Crippen LogP contribution in [0.5, 0.6) is 0 Å². The first-order chi connectivity index (χ1) is 30.2. The number of hydrogen-bond donors (Lipinski definition) is 3. The van der Waals surface area contributed by atoms with Crippen molar-refractivity contribution in [1.29, 1.82) is 0 Å². The summed E-state index contributed by atoms with van der Waals surface area (Å²) in [5, 5.41) is 23.2. The first-order valence-electron chi connectivity index (χ1n) is 27.0. The zero-order chi connectivity index (χ0) is 44.2. The third-order valence-corrected chi connectivity index (χ3v) is 12.3. The first-order valence-corrected chi connectivity index (χ1v) is 27.0. The molecule has 2 unspecified atom stereocenters. The molecular weight excluding hydrogens is 747 g/mol. The standard InChI is InChI=1S/C57H105NO3/c1-3-5-7-9-11-13-15-17-19-21-23-25-27-28-29-30-31-33-35-37-39-41-43-45-47-49-51-53-57(61)58-55(54-59)56(60)52-50-48-46-44-42-40-38-36-34-32-26-24-22-20-18-16-14-12-10-8-6-4-2/h5,7,11,13,17,19,23,25,50,52,55-56,59-60H,3-4,6,8-10,12,14-16,18,20-22,24,26-49,51,53-54H2,1-2H3,(H,58,61)/b7-5-,13-11-,19-17-,25-23-,52-50+. The molecule has 0 radical (unpaired) electrons. The normalized spacial score (nSPS) is 13.3. The molecule has 3 N–H and O–H groups in total. The zero-order valence-corrected chi connectivity index (χ0v) is 40.9. The Morgan fingerprint density at radius 2 is 0.721 bits per heavy atom. The quantitative estimate of drug-likeness (QED) is 0.0422. The minimum Gasteiger partial charge on any atom is -0.394 e. The van der Waals surface area contributed by atoms with E-state index in [2.05, 4.69) is 67.8 Å². The van der Waals surface area contributed by atoms with Gasteiger partial charge in [0.2, 0.25) is 5.91 Å². The predicted molar refractivity (Wildman–Crippen MR) is 271 cm³/mol. The Labute approximate surface area is 381 Å². The Hall–Kier alpha value is -1.91. The summed E-state index contributed by atoms with van der Waals surface area (Å²) in [5.74, 6) is -0.0635. The monoisotopic (exact) mass is 852 g/mol. The lowest BCUT2D eigenvalue weighted by Gasteiger charge is -2.20. The summed E-state index contributed by atoms with van der Waals surface area (Å²) < 4.78 is 0. The van der Waals surface area contributed by atoms with Gasteiger partial charge in [0.05, 0.1) is 18.8 Å². The van der Waals surface area contributed by atoms with Crippen molar-refractivity contribution in [2.45, 2.75) is 289 Å². The minimum atomic E-state index is -0.842. The first kappa shape index (κ1) is 59.1. The number of carbonyl (C=O) groups is 1. The number of aliphatic hydroxyl groups is 2. The van der Waals surface area contributed by atoms with Gasteiger partial charge in [-0.2, -0.15) is 0 Å². The second-order valence-corrected chi connectivity index (χ2v) is 18.3. The molecule has 0 aliphatic carbocycles. The highest BCUT2D eigenvalue weighted by atomic mass is 16.3. The second-order valence-electron chi connectivity index (χ2n) is 18.3. The number of allylic oxidation sites excluding steroid dienone is 9. The Morgan fingerprint density at radius 1 is 0.410 bits per heavy atom. The third-order valence-electron chi connectivity index (χ3n) is 12.3. The molecule has 4 nitrogen and oxygen atoms in total. The fourth-order valence-electron chi connectivity index (χ4n) is 8.17. The van der Waals surface area contributed by atoms with Crippen molar-refractivity contribution in [3.8, 4) is 0 Å².